The van der Waals surface area contributed by atoms with Crippen LogP contribution >= 0.6 is 0 Å². The van der Waals surface area contributed by atoms with Crippen LogP contribution in [0.25, 0.3) is 0 Å². The third-order valence-electron chi connectivity index (χ3n) is 1.60. The monoisotopic (exact) mass is 390 g/mol. The molecule has 0 amide bonds. The van der Waals surface area contributed by atoms with E-state index in [2.05, 4.69) is 8.37 Å². The summed E-state index contributed by atoms with van der Waals surface area (Å²) >= 11 is 0. The SMILES string of the molecule is O=S(=O)(OCCOS(=O)(=O)C(F)C(F)(F)F)C(F)C(F)(F)F. The zero-order valence-corrected chi connectivity index (χ0v) is 11.5. The first-order valence-corrected chi connectivity index (χ1v) is 7.64. The number of hydrogen-bond acceptors (Lipinski definition) is 6. The Bertz CT molecular complexity index is 511. The van der Waals surface area contributed by atoms with Gasteiger partial charge >= 0.3 is 43.6 Å². The average molecular weight is 390 g/mol. The molecule has 134 valence electrons. The third kappa shape index (κ3) is 6.17. The van der Waals surface area contributed by atoms with Gasteiger partial charge in [-0.05, 0) is 0 Å². The van der Waals surface area contributed by atoms with Crippen LogP contribution in [0.4, 0.5) is 35.1 Å². The molecule has 0 aromatic rings. The van der Waals surface area contributed by atoms with E-state index >= 15 is 0 Å². The molecular weight excluding hydrogens is 384 g/mol. The molecule has 0 aromatic carbocycles. The van der Waals surface area contributed by atoms with E-state index in [-0.39, 0.29) is 0 Å². The lowest BCUT2D eigenvalue weighted by molar-refractivity contribution is -0.159. The second-order valence-electron chi connectivity index (χ2n) is 3.34. The molecule has 22 heavy (non-hydrogen) atoms. The van der Waals surface area contributed by atoms with Crippen LogP contribution in [0.2, 0.25) is 0 Å². The summed E-state index contributed by atoms with van der Waals surface area (Å²) in [4.78, 5) is 0. The Morgan fingerprint density at radius 1 is 0.682 bits per heavy atom. The molecule has 16 heteroatoms. The Kier molecular flexibility index (Phi) is 6.57. The van der Waals surface area contributed by atoms with Crippen molar-refractivity contribution in [1.29, 1.82) is 0 Å². The van der Waals surface area contributed by atoms with Crippen molar-refractivity contribution in [1.82, 2.24) is 0 Å². The summed E-state index contributed by atoms with van der Waals surface area (Å²) in [5.74, 6) is 0. The van der Waals surface area contributed by atoms with E-state index in [1.165, 1.54) is 0 Å². The second kappa shape index (κ2) is 6.79. The van der Waals surface area contributed by atoms with Gasteiger partial charge in [0.1, 0.15) is 0 Å². The summed E-state index contributed by atoms with van der Waals surface area (Å²) in [5, 5.41) is 0. The molecule has 0 aliphatic rings. The molecule has 2 atom stereocenters. The molecule has 0 aliphatic heterocycles. The lowest BCUT2D eigenvalue weighted by Gasteiger charge is -2.14. The van der Waals surface area contributed by atoms with Crippen LogP contribution < -0.4 is 0 Å². The summed E-state index contributed by atoms with van der Waals surface area (Å²) < 4.78 is 145. The number of halogens is 8. The molecule has 0 saturated carbocycles. The maximum Gasteiger partial charge on any atom is 0.436 e. The summed E-state index contributed by atoms with van der Waals surface area (Å²) in [6.45, 7) is -3.19. The summed E-state index contributed by atoms with van der Waals surface area (Å²) in [6, 6.07) is 0. The average Bonchev–Trinajstić information content (AvgIpc) is 2.30. The van der Waals surface area contributed by atoms with Crippen LogP contribution in [0.5, 0.6) is 0 Å². The first-order valence-electron chi connectivity index (χ1n) is 4.70. The zero-order chi connectivity index (χ0) is 18.0. The van der Waals surface area contributed by atoms with Crippen molar-refractivity contribution in [3.63, 3.8) is 0 Å². The van der Waals surface area contributed by atoms with Crippen molar-refractivity contribution in [3.05, 3.63) is 0 Å². The molecule has 0 aromatic heterocycles. The molecule has 0 rings (SSSR count). The summed E-state index contributed by atoms with van der Waals surface area (Å²) in [6.07, 6.45) is -11.7. The maximum atomic E-state index is 12.4. The maximum absolute atomic E-state index is 12.4. The fourth-order valence-electron chi connectivity index (χ4n) is 0.747. The van der Waals surface area contributed by atoms with Crippen LogP contribution in [0.3, 0.4) is 0 Å². The fraction of sp³-hybridized carbons (Fsp3) is 1.00. The predicted octanol–water partition coefficient (Wildman–Crippen LogP) is 1.40. The largest absolute Gasteiger partial charge is 0.436 e. The first-order chi connectivity index (χ1) is 9.52. The molecule has 0 N–H and O–H groups in total. The lowest BCUT2D eigenvalue weighted by atomic mass is 10.7. The smallest absolute Gasteiger partial charge is 0.265 e. The highest BCUT2D eigenvalue weighted by Gasteiger charge is 2.51. The van der Waals surface area contributed by atoms with Gasteiger partial charge in [0, 0.05) is 0 Å². The van der Waals surface area contributed by atoms with Gasteiger partial charge in [0.25, 0.3) is 0 Å². The Hall–Kier alpha value is -0.740. The Labute approximate surface area is 118 Å². The van der Waals surface area contributed by atoms with E-state index in [0.717, 1.165) is 0 Å². The highest BCUT2D eigenvalue weighted by atomic mass is 32.2. The quantitative estimate of drug-likeness (QED) is 0.371. The van der Waals surface area contributed by atoms with Gasteiger partial charge in [-0.25, -0.2) is 8.78 Å². The van der Waals surface area contributed by atoms with E-state index in [1.54, 1.807) is 0 Å². The van der Waals surface area contributed by atoms with Crippen LogP contribution in [0.1, 0.15) is 0 Å². The molecule has 0 aliphatic carbocycles. The van der Waals surface area contributed by atoms with Gasteiger partial charge in [-0.1, -0.05) is 0 Å². The number of alkyl halides is 8. The fourth-order valence-corrected chi connectivity index (χ4v) is 2.24. The van der Waals surface area contributed by atoms with Gasteiger partial charge in [0.15, 0.2) is 0 Å². The molecule has 6 nitrogen and oxygen atoms in total. The van der Waals surface area contributed by atoms with Crippen molar-refractivity contribution in [2.75, 3.05) is 13.2 Å². The van der Waals surface area contributed by atoms with E-state index in [1.807, 2.05) is 0 Å². The van der Waals surface area contributed by atoms with E-state index in [0.29, 0.717) is 0 Å². The minimum absolute atomic E-state index is 1.59. The van der Waals surface area contributed by atoms with Crippen LogP contribution in [-0.2, 0) is 28.6 Å². The Morgan fingerprint density at radius 3 is 1.09 bits per heavy atom. The molecule has 0 spiro atoms. The molecule has 0 saturated heterocycles. The zero-order valence-electron chi connectivity index (χ0n) is 9.86. The second-order valence-corrected chi connectivity index (χ2v) is 6.62. The van der Waals surface area contributed by atoms with Gasteiger partial charge in [0.05, 0.1) is 13.2 Å². The normalized spacial score (nSPS) is 17.3. The topological polar surface area (TPSA) is 86.7 Å². The van der Waals surface area contributed by atoms with Crippen LogP contribution in [0.15, 0.2) is 0 Å². The summed E-state index contributed by atoms with van der Waals surface area (Å²) in [5.41, 5.74) is -8.92. The predicted molar refractivity (Wildman–Crippen MR) is 51.6 cm³/mol. The molecule has 2 unspecified atom stereocenters. The third-order valence-corrected chi connectivity index (χ3v) is 4.14. The highest BCUT2D eigenvalue weighted by molar-refractivity contribution is 7.87. The van der Waals surface area contributed by atoms with E-state index in [4.69, 9.17) is 0 Å². The number of hydrogen-bond donors (Lipinski definition) is 0. The standard InChI is InChI=1S/C6H6F8O6S2/c7-3(5(9,10)11)21(15,16)19-1-2-20-22(17,18)4(8)6(12,13)14/h3-4H,1-2H2. The Balaban J connectivity index is 4.58. The Morgan fingerprint density at radius 2 is 0.909 bits per heavy atom. The van der Waals surface area contributed by atoms with Crippen LogP contribution in [0, 0.1) is 0 Å². The molecule has 0 fully saturated rings. The highest BCUT2D eigenvalue weighted by Crippen LogP contribution is 2.29. The van der Waals surface area contributed by atoms with Gasteiger partial charge in [-0.15, -0.1) is 0 Å². The van der Waals surface area contributed by atoms with Gasteiger partial charge < -0.3 is 0 Å². The van der Waals surface area contributed by atoms with Crippen molar-refractivity contribution in [3.8, 4) is 0 Å². The van der Waals surface area contributed by atoms with Crippen molar-refractivity contribution in [2.45, 2.75) is 23.4 Å². The minimum Gasteiger partial charge on any atom is -0.265 e. The van der Waals surface area contributed by atoms with Gasteiger partial charge in [-0.2, -0.15) is 43.2 Å². The van der Waals surface area contributed by atoms with Crippen molar-refractivity contribution in [2.24, 2.45) is 0 Å². The minimum atomic E-state index is -5.87. The molecule has 0 radical (unpaired) electrons. The van der Waals surface area contributed by atoms with E-state index in [9.17, 15) is 52.0 Å². The summed E-state index contributed by atoms with van der Waals surface area (Å²) in [7, 11) is -11.7. The lowest BCUT2D eigenvalue weighted by Crippen LogP contribution is -2.36. The van der Waals surface area contributed by atoms with Gasteiger partial charge in [0.2, 0.25) is 0 Å². The van der Waals surface area contributed by atoms with Gasteiger partial charge in [-0.3, -0.25) is 8.37 Å². The first kappa shape index (κ1) is 21.3. The van der Waals surface area contributed by atoms with E-state index < -0.39 is 56.8 Å². The molecule has 0 heterocycles. The number of rotatable bonds is 7. The molecular formula is C6H6F8O6S2. The van der Waals surface area contributed by atoms with Crippen molar-refractivity contribution >= 4 is 20.2 Å². The molecule has 0 bridgehead atoms. The van der Waals surface area contributed by atoms with Crippen LogP contribution in [-0.4, -0.2) is 53.4 Å². The van der Waals surface area contributed by atoms with Crippen molar-refractivity contribution < 1.29 is 60.3 Å².